The molecule has 13 heteroatoms. The summed E-state index contributed by atoms with van der Waals surface area (Å²) in [5, 5.41) is 31.1. The van der Waals surface area contributed by atoms with E-state index in [1.165, 1.54) is 24.5 Å². The number of hydrogen-bond donors (Lipinski definition) is 5. The first-order chi connectivity index (χ1) is 29.1. The number of aromatic hydroxyl groups is 2. The first kappa shape index (κ1) is 39.5. The third-order valence-electron chi connectivity index (χ3n) is 13.0. The van der Waals surface area contributed by atoms with Gasteiger partial charge in [0.05, 0.1) is 10.9 Å². The fourth-order valence-electron chi connectivity index (χ4n) is 9.33. The predicted molar refractivity (Wildman–Crippen MR) is 233 cm³/mol. The highest BCUT2D eigenvalue weighted by Crippen LogP contribution is 2.43. The zero-order valence-electron chi connectivity index (χ0n) is 34.5. The van der Waals surface area contributed by atoms with Crippen LogP contribution < -0.4 is 11.3 Å². The summed E-state index contributed by atoms with van der Waals surface area (Å²) in [6.45, 7) is 8.95. The minimum Gasteiger partial charge on any atom is -0.508 e. The van der Waals surface area contributed by atoms with Gasteiger partial charge in [-0.15, -0.1) is 10.2 Å². The lowest BCUT2D eigenvalue weighted by atomic mass is 9.89. The summed E-state index contributed by atoms with van der Waals surface area (Å²) in [5.41, 5.74) is 12.3. The number of carbonyl (C=O) groups is 1. The number of nitrogen functional groups attached to an aromatic ring is 1. The molecule has 0 radical (unpaired) electrons. The molecule has 0 unspecified atom stereocenters. The van der Waals surface area contributed by atoms with Crippen LogP contribution in [0.15, 0.2) is 71.7 Å². The molecule has 6 N–H and O–H groups in total. The smallest absolute Gasteiger partial charge is 0.262 e. The third kappa shape index (κ3) is 8.27. The van der Waals surface area contributed by atoms with Crippen molar-refractivity contribution < 1.29 is 15.0 Å². The van der Waals surface area contributed by atoms with Gasteiger partial charge in [0.2, 0.25) is 5.95 Å². The van der Waals surface area contributed by atoms with Crippen LogP contribution in [0.4, 0.5) is 5.95 Å². The van der Waals surface area contributed by atoms with E-state index in [0.29, 0.717) is 46.6 Å². The fraction of sp³-hybridized carbons (Fsp3) is 0.426. The van der Waals surface area contributed by atoms with Gasteiger partial charge in [0.1, 0.15) is 23.0 Å². The topological polar surface area (TPSA) is 182 Å². The Bertz CT molecular complexity index is 2540. The standard InChI is InChI=1S/C47H55N9O4/c1-28(2)37-24-38(40(58)25-39(37)57)44-53-52-43(33-11-12-33)56(44)36-13-6-30(7-14-36)23-31-15-19-54(20-16-31)27-32-17-21-55(22-18-32)46(60)34-8-3-29(4-9-34)5-10-35-26-49-42-41(35)45(59)51-47(48)50-42/h3-4,6-9,13-14,24-26,28,31-33,57-58H,5,10-12,15-23,27H2,1-2H3,(H4,48,49,50,51,59). The molecule has 2 aliphatic heterocycles. The lowest BCUT2D eigenvalue weighted by Crippen LogP contribution is -2.43. The molecule has 3 aromatic heterocycles. The lowest BCUT2D eigenvalue weighted by Gasteiger charge is -2.37. The minimum absolute atomic E-state index is 0.00290. The molecule has 3 aromatic carbocycles. The van der Waals surface area contributed by atoms with E-state index in [4.69, 9.17) is 5.73 Å². The van der Waals surface area contributed by atoms with Crippen LogP contribution in [-0.4, -0.2) is 88.4 Å². The number of nitrogens with zero attached hydrogens (tertiary/aromatic N) is 6. The molecule has 6 aromatic rings. The maximum atomic E-state index is 13.4. The maximum absolute atomic E-state index is 13.4. The second-order valence-corrected chi connectivity index (χ2v) is 17.6. The van der Waals surface area contributed by atoms with Crippen molar-refractivity contribution in [2.24, 2.45) is 11.8 Å². The van der Waals surface area contributed by atoms with Crippen molar-refractivity contribution in [3.63, 3.8) is 0 Å². The number of fused-ring (bicyclic) bond motifs is 1. The molecule has 1 aliphatic carbocycles. The van der Waals surface area contributed by atoms with Crippen molar-refractivity contribution in [2.45, 2.75) is 83.5 Å². The highest BCUT2D eigenvalue weighted by molar-refractivity contribution is 5.94. The van der Waals surface area contributed by atoms with Crippen molar-refractivity contribution in [3.05, 3.63) is 111 Å². The van der Waals surface area contributed by atoms with Crippen LogP contribution in [0.3, 0.4) is 0 Å². The molecule has 0 bridgehead atoms. The van der Waals surface area contributed by atoms with Gasteiger partial charge in [-0.2, -0.15) is 4.98 Å². The Kier molecular flexibility index (Phi) is 10.9. The van der Waals surface area contributed by atoms with E-state index in [1.54, 1.807) is 0 Å². The summed E-state index contributed by atoms with van der Waals surface area (Å²) in [4.78, 5) is 40.3. The molecule has 9 rings (SSSR count). The molecule has 0 spiro atoms. The number of amides is 1. The highest BCUT2D eigenvalue weighted by atomic mass is 16.3. The molecule has 2 saturated heterocycles. The van der Waals surface area contributed by atoms with Gasteiger partial charge in [0.15, 0.2) is 5.82 Å². The van der Waals surface area contributed by atoms with Gasteiger partial charge >= 0.3 is 0 Å². The highest BCUT2D eigenvalue weighted by Gasteiger charge is 2.32. The third-order valence-corrected chi connectivity index (χ3v) is 13.0. The number of phenols is 2. The van der Waals surface area contributed by atoms with Crippen LogP contribution in [0.25, 0.3) is 28.1 Å². The summed E-state index contributed by atoms with van der Waals surface area (Å²) in [6.07, 6.45) is 10.9. The number of nitrogens with two attached hydrogens (primary N) is 1. The summed E-state index contributed by atoms with van der Waals surface area (Å²) >= 11 is 0. The Morgan fingerprint density at radius 1 is 0.850 bits per heavy atom. The molecule has 60 heavy (non-hydrogen) atoms. The summed E-state index contributed by atoms with van der Waals surface area (Å²) in [5.74, 6) is 3.51. The average molecular weight is 810 g/mol. The van der Waals surface area contributed by atoms with Crippen molar-refractivity contribution in [1.29, 1.82) is 0 Å². The van der Waals surface area contributed by atoms with E-state index >= 15 is 0 Å². The molecular formula is C47H55N9O4. The number of likely N-dealkylation sites (tertiary alicyclic amines) is 2. The average Bonchev–Trinajstić information content (AvgIpc) is 3.86. The van der Waals surface area contributed by atoms with Crippen LogP contribution >= 0.6 is 0 Å². The van der Waals surface area contributed by atoms with E-state index in [0.717, 1.165) is 105 Å². The van der Waals surface area contributed by atoms with Crippen LogP contribution in [0, 0.1) is 11.8 Å². The summed E-state index contributed by atoms with van der Waals surface area (Å²) < 4.78 is 2.09. The number of carbonyl (C=O) groups excluding carboxylic acids is 1. The Morgan fingerprint density at radius 2 is 1.55 bits per heavy atom. The molecule has 1 saturated carbocycles. The number of aromatic nitrogens is 6. The molecule has 312 valence electrons. The van der Waals surface area contributed by atoms with E-state index in [2.05, 4.69) is 58.9 Å². The van der Waals surface area contributed by atoms with E-state index in [-0.39, 0.29) is 34.8 Å². The minimum atomic E-state index is -0.239. The van der Waals surface area contributed by atoms with Gasteiger partial charge in [0.25, 0.3) is 11.5 Å². The quantitative estimate of drug-likeness (QED) is 0.0863. The van der Waals surface area contributed by atoms with E-state index < -0.39 is 0 Å². The number of benzene rings is 3. The summed E-state index contributed by atoms with van der Waals surface area (Å²) in [7, 11) is 0. The maximum Gasteiger partial charge on any atom is 0.262 e. The number of rotatable bonds is 12. The first-order valence-corrected chi connectivity index (χ1v) is 21.6. The number of nitrogens with one attached hydrogen (secondary N) is 2. The first-order valence-electron chi connectivity index (χ1n) is 21.6. The van der Waals surface area contributed by atoms with Crippen LogP contribution in [0.1, 0.15) is 103 Å². The number of anilines is 1. The molecular weight excluding hydrogens is 755 g/mol. The molecule has 5 heterocycles. The number of H-pyrrole nitrogens is 2. The van der Waals surface area contributed by atoms with Crippen LogP contribution in [-0.2, 0) is 19.3 Å². The molecule has 13 nitrogen and oxygen atoms in total. The normalized spacial score (nSPS) is 16.9. The fourth-order valence-corrected chi connectivity index (χ4v) is 9.33. The molecule has 1 amide bonds. The number of piperidine rings is 2. The van der Waals surface area contributed by atoms with Crippen LogP contribution in [0.2, 0.25) is 0 Å². The second-order valence-electron chi connectivity index (χ2n) is 17.6. The molecule has 0 atom stereocenters. The Balaban J connectivity index is 0.738. The number of phenolic OH excluding ortho intramolecular Hbond substituents is 2. The van der Waals surface area contributed by atoms with Crippen molar-refractivity contribution in [3.8, 4) is 28.6 Å². The molecule has 3 aliphatic rings. The Labute approximate surface area is 349 Å². The van der Waals surface area contributed by atoms with Crippen molar-refractivity contribution in [1.82, 2.24) is 39.5 Å². The zero-order valence-corrected chi connectivity index (χ0v) is 34.5. The second kappa shape index (κ2) is 16.6. The van der Waals surface area contributed by atoms with Gasteiger partial charge in [-0.05, 0) is 141 Å². The number of aryl methyl sites for hydroxylation is 2. The SMILES string of the molecule is CC(C)c1cc(-c2nnc(C3CC3)n2-c2ccc(CC3CCN(CC4CCN(C(=O)c5ccc(CCc6c[nH]c7nc(N)[nH]c(=O)c67)cc5)CC4)CC3)cc2)c(O)cc1O. The summed E-state index contributed by atoms with van der Waals surface area (Å²) in [6, 6.07) is 19.9. The lowest BCUT2D eigenvalue weighted by molar-refractivity contribution is 0.0651. The predicted octanol–water partition coefficient (Wildman–Crippen LogP) is 7.09. The van der Waals surface area contributed by atoms with Gasteiger partial charge in [-0.3, -0.25) is 19.1 Å². The van der Waals surface area contributed by atoms with Gasteiger partial charge < -0.3 is 30.7 Å². The zero-order chi connectivity index (χ0) is 41.5. The van der Waals surface area contributed by atoms with Gasteiger partial charge in [-0.25, -0.2) is 0 Å². The van der Waals surface area contributed by atoms with Crippen molar-refractivity contribution >= 4 is 22.9 Å². The van der Waals surface area contributed by atoms with E-state index in [9.17, 15) is 19.8 Å². The Hall–Kier alpha value is -5.95. The Morgan fingerprint density at radius 3 is 2.25 bits per heavy atom. The largest absolute Gasteiger partial charge is 0.508 e. The van der Waals surface area contributed by atoms with Crippen molar-refractivity contribution in [2.75, 3.05) is 38.5 Å². The monoisotopic (exact) mass is 809 g/mol. The van der Waals surface area contributed by atoms with Gasteiger partial charge in [-0.1, -0.05) is 38.1 Å². The van der Waals surface area contributed by atoms with Gasteiger partial charge in [0, 0.05) is 49.1 Å². The van der Waals surface area contributed by atoms with E-state index in [1.807, 2.05) is 55.3 Å². The number of aromatic amines is 2. The van der Waals surface area contributed by atoms with Crippen LogP contribution in [0.5, 0.6) is 11.5 Å². The molecule has 3 fully saturated rings. The number of hydrogen-bond acceptors (Lipinski definition) is 9.